The number of carbonyl (C=O) groups excluding carboxylic acids is 1. The molecule has 2 rings (SSSR count). The number of esters is 1. The van der Waals surface area contributed by atoms with Crippen LogP contribution in [-0.2, 0) is 4.74 Å². The molecule has 0 saturated heterocycles. The Balaban J connectivity index is 2.45. The molecule has 21 heavy (non-hydrogen) atoms. The van der Waals surface area contributed by atoms with Gasteiger partial charge in [0.2, 0.25) is 0 Å². The number of benzene rings is 1. The molecule has 1 aromatic carbocycles. The molecule has 0 aliphatic carbocycles. The topological polar surface area (TPSA) is 53.3 Å². The van der Waals surface area contributed by atoms with Crippen LogP contribution in [0, 0.1) is 0 Å². The molecule has 0 fully saturated rings. The Morgan fingerprint density at radius 2 is 1.95 bits per heavy atom. The van der Waals surface area contributed by atoms with E-state index in [-0.39, 0.29) is 11.9 Å². The number of aromatic nitrogens is 2. The molecule has 0 N–H and O–H groups in total. The van der Waals surface area contributed by atoms with Crippen LogP contribution in [-0.4, -0.2) is 29.5 Å². The van der Waals surface area contributed by atoms with Crippen LogP contribution in [0.25, 0.3) is 5.69 Å². The van der Waals surface area contributed by atoms with Gasteiger partial charge in [0.15, 0.2) is 0 Å². The van der Waals surface area contributed by atoms with Gasteiger partial charge in [-0.1, -0.05) is 13.8 Å². The van der Waals surface area contributed by atoms with Gasteiger partial charge in [-0.3, -0.25) is 0 Å². The first-order valence-corrected chi connectivity index (χ1v) is 6.98. The minimum atomic E-state index is -0.332. The molecule has 0 unspecified atom stereocenters. The molecule has 0 aliphatic rings. The third-order valence-electron chi connectivity index (χ3n) is 3.17. The highest BCUT2D eigenvalue weighted by Gasteiger charge is 2.21. The van der Waals surface area contributed by atoms with Gasteiger partial charge in [0.1, 0.15) is 11.3 Å². The SMILES string of the molecule is CCOC(=O)c1cnn(-c2ccc(OC)cc2)c1C(C)C. The summed E-state index contributed by atoms with van der Waals surface area (Å²) in [5.41, 5.74) is 2.25. The van der Waals surface area contributed by atoms with Crippen LogP contribution < -0.4 is 4.74 Å². The summed E-state index contributed by atoms with van der Waals surface area (Å²) < 4.78 is 12.0. The molecule has 5 heteroatoms. The fourth-order valence-corrected chi connectivity index (χ4v) is 2.21. The molecule has 0 saturated carbocycles. The van der Waals surface area contributed by atoms with Gasteiger partial charge in [-0.15, -0.1) is 0 Å². The van der Waals surface area contributed by atoms with Crippen molar-refractivity contribution in [3.05, 3.63) is 41.7 Å². The van der Waals surface area contributed by atoms with Crippen LogP contribution in [0.4, 0.5) is 0 Å². The average Bonchev–Trinajstić information content (AvgIpc) is 2.92. The summed E-state index contributed by atoms with van der Waals surface area (Å²) in [6.07, 6.45) is 1.57. The van der Waals surface area contributed by atoms with Gasteiger partial charge in [-0.2, -0.15) is 5.10 Å². The predicted octanol–water partition coefficient (Wildman–Crippen LogP) is 3.18. The Labute approximate surface area is 124 Å². The van der Waals surface area contributed by atoms with Crippen molar-refractivity contribution in [3.8, 4) is 11.4 Å². The molecule has 0 aliphatic heterocycles. The van der Waals surface area contributed by atoms with Gasteiger partial charge in [0, 0.05) is 0 Å². The molecular formula is C16H20N2O3. The van der Waals surface area contributed by atoms with Crippen molar-refractivity contribution < 1.29 is 14.3 Å². The number of rotatable bonds is 5. The number of carbonyl (C=O) groups is 1. The second kappa shape index (κ2) is 6.43. The lowest BCUT2D eigenvalue weighted by Gasteiger charge is -2.12. The molecule has 0 radical (unpaired) electrons. The molecule has 5 nitrogen and oxygen atoms in total. The molecule has 0 spiro atoms. The Morgan fingerprint density at radius 1 is 1.29 bits per heavy atom. The maximum Gasteiger partial charge on any atom is 0.341 e. The summed E-state index contributed by atoms with van der Waals surface area (Å²) in [4.78, 5) is 12.0. The van der Waals surface area contributed by atoms with E-state index in [2.05, 4.69) is 5.10 Å². The molecule has 1 heterocycles. The summed E-state index contributed by atoms with van der Waals surface area (Å²) >= 11 is 0. The molecular weight excluding hydrogens is 268 g/mol. The van der Waals surface area contributed by atoms with E-state index in [1.165, 1.54) is 0 Å². The third-order valence-corrected chi connectivity index (χ3v) is 3.17. The number of nitrogens with zero attached hydrogens (tertiary/aromatic N) is 2. The minimum Gasteiger partial charge on any atom is -0.497 e. The summed E-state index contributed by atoms with van der Waals surface area (Å²) in [7, 11) is 1.63. The smallest absolute Gasteiger partial charge is 0.341 e. The highest BCUT2D eigenvalue weighted by molar-refractivity contribution is 5.90. The molecule has 0 atom stereocenters. The second-order valence-corrected chi connectivity index (χ2v) is 4.93. The van der Waals surface area contributed by atoms with Crippen molar-refractivity contribution in [2.75, 3.05) is 13.7 Å². The zero-order chi connectivity index (χ0) is 15.4. The normalized spacial score (nSPS) is 10.7. The van der Waals surface area contributed by atoms with E-state index in [1.54, 1.807) is 24.9 Å². The van der Waals surface area contributed by atoms with Crippen LogP contribution in [0.3, 0.4) is 0 Å². The first-order valence-electron chi connectivity index (χ1n) is 6.98. The molecule has 1 aromatic heterocycles. The van der Waals surface area contributed by atoms with E-state index in [1.807, 2.05) is 38.1 Å². The van der Waals surface area contributed by atoms with Crippen LogP contribution in [0.15, 0.2) is 30.5 Å². The Kier molecular flexibility index (Phi) is 4.62. The van der Waals surface area contributed by atoms with E-state index in [9.17, 15) is 4.79 Å². The largest absolute Gasteiger partial charge is 0.497 e. The monoisotopic (exact) mass is 288 g/mol. The number of hydrogen-bond donors (Lipinski definition) is 0. The van der Waals surface area contributed by atoms with Gasteiger partial charge < -0.3 is 9.47 Å². The summed E-state index contributed by atoms with van der Waals surface area (Å²) in [6, 6.07) is 7.55. The fourth-order valence-electron chi connectivity index (χ4n) is 2.21. The Morgan fingerprint density at radius 3 is 2.48 bits per heavy atom. The van der Waals surface area contributed by atoms with Crippen molar-refractivity contribution in [2.45, 2.75) is 26.7 Å². The summed E-state index contributed by atoms with van der Waals surface area (Å²) in [5.74, 6) is 0.595. The average molecular weight is 288 g/mol. The zero-order valence-electron chi connectivity index (χ0n) is 12.8. The van der Waals surface area contributed by atoms with Gasteiger partial charge in [0.25, 0.3) is 0 Å². The molecule has 112 valence electrons. The quantitative estimate of drug-likeness (QED) is 0.793. The fraction of sp³-hybridized carbons (Fsp3) is 0.375. The molecule has 0 amide bonds. The lowest BCUT2D eigenvalue weighted by Crippen LogP contribution is -2.11. The summed E-state index contributed by atoms with van der Waals surface area (Å²) in [5, 5.41) is 4.34. The standard InChI is InChI=1S/C16H20N2O3/c1-5-21-16(19)14-10-17-18(15(14)11(2)3)12-6-8-13(20-4)9-7-12/h6-11H,5H2,1-4H3. The zero-order valence-corrected chi connectivity index (χ0v) is 12.8. The van der Waals surface area contributed by atoms with Crippen LogP contribution in [0.1, 0.15) is 42.7 Å². The lowest BCUT2D eigenvalue weighted by atomic mass is 10.1. The van der Waals surface area contributed by atoms with E-state index >= 15 is 0 Å². The van der Waals surface area contributed by atoms with Crippen molar-refractivity contribution >= 4 is 5.97 Å². The van der Waals surface area contributed by atoms with Crippen LogP contribution in [0.2, 0.25) is 0 Å². The van der Waals surface area contributed by atoms with E-state index < -0.39 is 0 Å². The maximum absolute atomic E-state index is 12.0. The highest BCUT2D eigenvalue weighted by atomic mass is 16.5. The Bertz CT molecular complexity index is 615. The van der Waals surface area contributed by atoms with Crippen LogP contribution >= 0.6 is 0 Å². The van der Waals surface area contributed by atoms with E-state index in [0.29, 0.717) is 12.2 Å². The van der Waals surface area contributed by atoms with E-state index in [0.717, 1.165) is 17.1 Å². The lowest BCUT2D eigenvalue weighted by molar-refractivity contribution is 0.0524. The number of methoxy groups -OCH3 is 1. The highest BCUT2D eigenvalue weighted by Crippen LogP contribution is 2.24. The summed E-state index contributed by atoms with van der Waals surface area (Å²) in [6.45, 7) is 6.20. The minimum absolute atomic E-state index is 0.147. The first-order chi connectivity index (χ1) is 10.1. The third kappa shape index (κ3) is 3.07. The van der Waals surface area contributed by atoms with Crippen molar-refractivity contribution in [2.24, 2.45) is 0 Å². The van der Waals surface area contributed by atoms with Crippen LogP contribution in [0.5, 0.6) is 5.75 Å². The molecule has 2 aromatic rings. The van der Waals surface area contributed by atoms with Gasteiger partial charge in [-0.05, 0) is 37.1 Å². The first kappa shape index (κ1) is 15.1. The maximum atomic E-state index is 12.0. The van der Waals surface area contributed by atoms with Crippen molar-refractivity contribution in [1.82, 2.24) is 9.78 Å². The van der Waals surface area contributed by atoms with E-state index in [4.69, 9.17) is 9.47 Å². The molecule has 0 bridgehead atoms. The second-order valence-electron chi connectivity index (χ2n) is 4.93. The van der Waals surface area contributed by atoms with Gasteiger partial charge in [-0.25, -0.2) is 9.48 Å². The van der Waals surface area contributed by atoms with Crippen molar-refractivity contribution in [3.63, 3.8) is 0 Å². The van der Waals surface area contributed by atoms with Gasteiger partial charge in [0.05, 0.1) is 31.3 Å². The number of ether oxygens (including phenoxy) is 2. The van der Waals surface area contributed by atoms with Gasteiger partial charge >= 0.3 is 5.97 Å². The Hall–Kier alpha value is -2.30. The van der Waals surface area contributed by atoms with Crippen molar-refractivity contribution in [1.29, 1.82) is 0 Å². The predicted molar refractivity (Wildman–Crippen MR) is 80.2 cm³/mol. The number of hydrogen-bond acceptors (Lipinski definition) is 4.